The Morgan fingerprint density at radius 2 is 1.17 bits per heavy atom. The highest BCUT2D eigenvalue weighted by Gasteiger charge is 2.03. The maximum Gasteiger partial charge on any atom is 0.328 e. The summed E-state index contributed by atoms with van der Waals surface area (Å²) in [5, 5.41) is 13.4. The molecular weight excluding hydrogens is 550 g/mol. The summed E-state index contributed by atoms with van der Waals surface area (Å²) < 4.78 is 25.6. The van der Waals surface area contributed by atoms with Crippen LogP contribution in [0.3, 0.4) is 0 Å². The van der Waals surface area contributed by atoms with Crippen molar-refractivity contribution in [3.63, 3.8) is 0 Å². The number of amides is 1. The topological polar surface area (TPSA) is 131 Å². The van der Waals surface area contributed by atoms with Crippen molar-refractivity contribution in [3.8, 4) is 22.8 Å². The predicted molar refractivity (Wildman–Crippen MR) is 151 cm³/mol. The van der Waals surface area contributed by atoms with Gasteiger partial charge < -0.3 is 5.11 Å². The van der Waals surface area contributed by atoms with Crippen molar-refractivity contribution in [2.45, 2.75) is 0 Å². The smallest absolute Gasteiger partial charge is 0.328 e. The molecule has 3 aromatic heterocycles. The molecule has 1 amide bonds. The van der Waals surface area contributed by atoms with Crippen LogP contribution in [0.1, 0.15) is 11.1 Å². The van der Waals surface area contributed by atoms with Crippen molar-refractivity contribution in [3.05, 3.63) is 120 Å². The van der Waals surface area contributed by atoms with E-state index in [0.717, 1.165) is 11.6 Å². The Kier molecular flexibility index (Phi) is 9.78. The molecule has 0 saturated heterocycles. The third-order valence-corrected chi connectivity index (χ3v) is 5.74. The summed E-state index contributed by atoms with van der Waals surface area (Å²) in [5.74, 6) is -0.976. The largest absolute Gasteiger partial charge is 0.478 e. The Morgan fingerprint density at radius 3 is 1.59 bits per heavy atom. The van der Waals surface area contributed by atoms with Crippen LogP contribution in [0.25, 0.3) is 34.9 Å². The van der Waals surface area contributed by atoms with E-state index in [1.807, 2.05) is 0 Å². The van der Waals surface area contributed by atoms with Crippen LogP contribution < -0.4 is 5.32 Å². The molecule has 41 heavy (non-hydrogen) atoms. The summed E-state index contributed by atoms with van der Waals surface area (Å²) in [7, 11) is 0. The molecule has 0 saturated carbocycles. The van der Waals surface area contributed by atoms with Gasteiger partial charge in [0.05, 0.1) is 0 Å². The second-order valence-electron chi connectivity index (χ2n) is 8.03. The molecule has 5 rings (SSSR count). The number of hydrogen-bond acceptors (Lipinski definition) is 8. The van der Waals surface area contributed by atoms with Crippen LogP contribution >= 0.6 is 11.3 Å². The Bertz CT molecular complexity index is 1640. The van der Waals surface area contributed by atoms with Gasteiger partial charge in [-0.25, -0.2) is 38.5 Å². The monoisotopic (exact) mass is 570 g/mol. The number of aromatic nitrogens is 5. The highest BCUT2D eigenvalue weighted by atomic mass is 32.1. The molecule has 2 aromatic carbocycles. The van der Waals surface area contributed by atoms with Gasteiger partial charge in [0.15, 0.2) is 16.8 Å². The number of thiazole rings is 1. The van der Waals surface area contributed by atoms with Crippen LogP contribution in [0.4, 0.5) is 13.9 Å². The average molecular weight is 571 g/mol. The zero-order valence-corrected chi connectivity index (χ0v) is 21.9. The summed E-state index contributed by atoms with van der Waals surface area (Å²) in [5.41, 5.74) is 2.70. The highest BCUT2D eigenvalue weighted by molar-refractivity contribution is 7.13. The van der Waals surface area contributed by atoms with E-state index >= 15 is 0 Å². The molecule has 0 radical (unpaired) electrons. The van der Waals surface area contributed by atoms with Gasteiger partial charge in [-0.2, -0.15) is 0 Å². The zero-order chi connectivity index (χ0) is 29.0. The molecule has 12 heteroatoms. The minimum absolute atomic E-state index is 0.275. The van der Waals surface area contributed by atoms with Gasteiger partial charge in [-0.15, -0.1) is 11.3 Å². The lowest BCUT2D eigenvalue weighted by molar-refractivity contribution is -0.131. The molecular formula is C29H20F2N6O3S. The van der Waals surface area contributed by atoms with Gasteiger partial charge in [-0.3, -0.25) is 10.1 Å². The summed E-state index contributed by atoms with van der Waals surface area (Å²) in [6, 6.07) is 11.8. The molecule has 9 nitrogen and oxygen atoms in total. The number of nitrogens with zero attached hydrogens (tertiary/aromatic N) is 5. The summed E-state index contributed by atoms with van der Waals surface area (Å²) >= 11 is 1.35. The highest BCUT2D eigenvalue weighted by Crippen LogP contribution is 2.16. The normalized spacial score (nSPS) is 10.8. The molecule has 3 heterocycles. The zero-order valence-electron chi connectivity index (χ0n) is 21.1. The first-order valence-corrected chi connectivity index (χ1v) is 12.7. The van der Waals surface area contributed by atoms with Crippen molar-refractivity contribution in [1.82, 2.24) is 24.9 Å². The number of nitrogens with one attached hydrogen (secondary N) is 1. The summed E-state index contributed by atoms with van der Waals surface area (Å²) in [6.45, 7) is 0. The minimum atomic E-state index is -1.03. The number of rotatable bonds is 7. The molecule has 204 valence electrons. The number of aliphatic carboxylic acids is 1. The van der Waals surface area contributed by atoms with Crippen molar-refractivity contribution in [1.29, 1.82) is 0 Å². The fourth-order valence-electron chi connectivity index (χ4n) is 3.12. The van der Waals surface area contributed by atoms with E-state index in [1.54, 1.807) is 54.3 Å². The third-order valence-electron chi connectivity index (χ3n) is 5.06. The van der Waals surface area contributed by atoms with Crippen LogP contribution in [-0.2, 0) is 9.59 Å². The number of carboxylic acids is 1. The van der Waals surface area contributed by atoms with Crippen molar-refractivity contribution in [2.24, 2.45) is 0 Å². The van der Waals surface area contributed by atoms with Crippen LogP contribution in [0.2, 0.25) is 0 Å². The summed E-state index contributed by atoms with van der Waals surface area (Å²) in [4.78, 5) is 42.6. The molecule has 0 aliphatic heterocycles. The average Bonchev–Trinajstić information content (AvgIpc) is 3.50. The van der Waals surface area contributed by atoms with Gasteiger partial charge in [-0.05, 0) is 60.7 Å². The number of anilines is 1. The number of benzene rings is 2. The van der Waals surface area contributed by atoms with Crippen molar-refractivity contribution < 1.29 is 23.5 Å². The molecule has 0 aliphatic carbocycles. The quantitative estimate of drug-likeness (QED) is 0.236. The maximum absolute atomic E-state index is 12.9. The van der Waals surface area contributed by atoms with Gasteiger partial charge in [-0.1, -0.05) is 0 Å². The predicted octanol–water partition coefficient (Wildman–Crippen LogP) is 5.77. The van der Waals surface area contributed by atoms with E-state index in [-0.39, 0.29) is 17.5 Å². The van der Waals surface area contributed by atoms with E-state index in [1.165, 1.54) is 60.1 Å². The number of carbonyl (C=O) groups excluding carboxylic acids is 1. The van der Waals surface area contributed by atoms with E-state index < -0.39 is 5.97 Å². The molecule has 0 aliphatic rings. The summed E-state index contributed by atoms with van der Waals surface area (Å²) in [6.07, 6.45) is 13.2. The molecule has 0 atom stereocenters. The van der Waals surface area contributed by atoms with E-state index in [9.17, 15) is 18.4 Å². The first-order valence-electron chi connectivity index (χ1n) is 11.8. The van der Waals surface area contributed by atoms with Gasteiger partial charge in [0, 0.05) is 70.8 Å². The van der Waals surface area contributed by atoms with Crippen molar-refractivity contribution >= 4 is 40.5 Å². The lowest BCUT2D eigenvalue weighted by Crippen LogP contribution is -2.07. The van der Waals surface area contributed by atoms with E-state index in [4.69, 9.17) is 5.11 Å². The second kappa shape index (κ2) is 14.1. The Balaban J connectivity index is 0.000000195. The van der Waals surface area contributed by atoms with Gasteiger partial charge in [0.1, 0.15) is 11.6 Å². The molecule has 0 bridgehead atoms. The van der Waals surface area contributed by atoms with Gasteiger partial charge >= 0.3 is 5.97 Å². The standard InChI is InChI=1S/C16H11FN4OS.C13H9FN2O2/c17-13-4-2-12(3-5-13)15-19-9-11(10-20-15)1-6-14(22)21-16-18-7-8-23-16;14-11-4-2-10(3-5-11)13-15-7-9(8-16-13)1-6-12(17)18/h1-10H,(H,18,21,22);1-8H,(H,17,18). The molecule has 0 fully saturated rings. The lowest BCUT2D eigenvalue weighted by Gasteiger charge is -2.00. The van der Waals surface area contributed by atoms with Crippen LogP contribution in [0.5, 0.6) is 0 Å². The lowest BCUT2D eigenvalue weighted by atomic mass is 10.2. The van der Waals surface area contributed by atoms with Crippen LogP contribution in [-0.4, -0.2) is 41.9 Å². The second-order valence-corrected chi connectivity index (χ2v) is 8.92. The number of carboxylic acid groups (broad SMARTS) is 1. The third kappa shape index (κ3) is 9.04. The fraction of sp³-hybridized carbons (Fsp3) is 0. The fourth-order valence-corrected chi connectivity index (χ4v) is 3.65. The molecule has 0 unspecified atom stereocenters. The number of carbonyl (C=O) groups is 2. The Labute approximate surface area is 236 Å². The molecule has 5 aromatic rings. The van der Waals surface area contributed by atoms with Gasteiger partial charge in [0.2, 0.25) is 5.91 Å². The van der Waals surface area contributed by atoms with Crippen molar-refractivity contribution in [2.75, 3.05) is 5.32 Å². The first kappa shape index (κ1) is 28.5. The van der Waals surface area contributed by atoms with Gasteiger partial charge in [0.25, 0.3) is 0 Å². The van der Waals surface area contributed by atoms with Crippen LogP contribution in [0, 0.1) is 11.6 Å². The number of hydrogen-bond donors (Lipinski definition) is 2. The Hall–Kier alpha value is -5.49. The Morgan fingerprint density at radius 1 is 0.707 bits per heavy atom. The minimum Gasteiger partial charge on any atom is -0.478 e. The SMILES string of the molecule is O=C(C=Cc1cnc(-c2ccc(F)cc2)nc1)Nc1nccs1.O=C(O)C=Cc1cnc(-c2ccc(F)cc2)nc1. The maximum atomic E-state index is 12.9. The first-order chi connectivity index (χ1) is 19.9. The number of halogens is 2. The van der Waals surface area contributed by atoms with Crippen LogP contribution in [0.15, 0.2) is 97.0 Å². The van der Waals surface area contributed by atoms with E-state index in [2.05, 4.69) is 30.2 Å². The molecule has 2 N–H and O–H groups in total. The van der Waals surface area contributed by atoms with E-state index in [0.29, 0.717) is 33.5 Å². The molecule has 0 spiro atoms.